The van der Waals surface area contributed by atoms with Crippen LogP contribution in [0.5, 0.6) is 0 Å². The number of hydrogen-bond donors (Lipinski definition) is 2. The first kappa shape index (κ1) is 16.9. The smallest absolute Gasteiger partial charge is 0.261 e. The molecule has 23 heavy (non-hydrogen) atoms. The van der Waals surface area contributed by atoms with Crippen molar-refractivity contribution < 1.29 is 4.79 Å². The third-order valence-corrected chi connectivity index (χ3v) is 3.76. The number of carbonyl (C=O) groups is 1. The van der Waals surface area contributed by atoms with Gasteiger partial charge in [0, 0.05) is 29.7 Å². The Morgan fingerprint density at radius 1 is 1.22 bits per heavy atom. The maximum atomic E-state index is 12.2. The summed E-state index contributed by atoms with van der Waals surface area (Å²) < 4.78 is 0. The molecule has 0 aliphatic rings. The number of amides is 1. The molecule has 1 atom stereocenters. The first-order chi connectivity index (χ1) is 11.1. The van der Waals surface area contributed by atoms with E-state index in [1.807, 2.05) is 6.92 Å². The molecule has 2 rings (SSSR count). The van der Waals surface area contributed by atoms with E-state index < -0.39 is 0 Å². The monoisotopic (exact) mass is 313 g/mol. The van der Waals surface area contributed by atoms with Gasteiger partial charge in [0.1, 0.15) is 5.56 Å². The minimum atomic E-state index is -0.377. The number of nitrogens with zero attached hydrogens (tertiary/aromatic N) is 1. The van der Waals surface area contributed by atoms with Crippen molar-refractivity contribution in [2.45, 2.75) is 45.6 Å². The quantitative estimate of drug-likeness (QED) is 0.771. The summed E-state index contributed by atoms with van der Waals surface area (Å²) in [5.41, 5.74) is 1.30. The highest BCUT2D eigenvalue weighted by molar-refractivity contribution is 5.94. The second-order valence-electron chi connectivity index (χ2n) is 5.72. The van der Waals surface area contributed by atoms with E-state index in [2.05, 4.69) is 22.2 Å². The van der Waals surface area contributed by atoms with E-state index in [4.69, 9.17) is 0 Å². The molecule has 0 saturated heterocycles. The predicted octanol–water partition coefficient (Wildman–Crippen LogP) is 3.14. The van der Waals surface area contributed by atoms with Crippen LogP contribution < -0.4 is 10.9 Å². The van der Waals surface area contributed by atoms with Crippen LogP contribution in [0.1, 0.15) is 49.9 Å². The van der Waals surface area contributed by atoms with E-state index in [1.165, 1.54) is 0 Å². The molecule has 0 aliphatic carbocycles. The van der Waals surface area contributed by atoms with Gasteiger partial charge in [-0.1, -0.05) is 26.2 Å². The second kappa shape index (κ2) is 8.27. The normalized spacial score (nSPS) is 11.9. The Morgan fingerprint density at radius 3 is 2.61 bits per heavy atom. The standard InChI is InChI=1S/C18H23N3O2/c1-3-4-5-6-13(2)20-17(22)15-7-8-16(21-18(15)23)14-9-11-19-12-10-14/h7-13H,3-6H2,1-2H3,(H,20,22)(H,21,23)/t13-/m1/s1. The minimum Gasteiger partial charge on any atom is -0.349 e. The molecule has 0 unspecified atom stereocenters. The Hall–Kier alpha value is -2.43. The average molecular weight is 313 g/mol. The van der Waals surface area contributed by atoms with Crippen molar-refractivity contribution in [2.24, 2.45) is 0 Å². The highest BCUT2D eigenvalue weighted by Crippen LogP contribution is 2.13. The summed E-state index contributed by atoms with van der Waals surface area (Å²) >= 11 is 0. The van der Waals surface area contributed by atoms with Crippen LogP contribution >= 0.6 is 0 Å². The Morgan fingerprint density at radius 2 is 1.96 bits per heavy atom. The number of hydrogen-bond acceptors (Lipinski definition) is 3. The summed E-state index contributed by atoms with van der Waals surface area (Å²) in [5.74, 6) is -0.323. The van der Waals surface area contributed by atoms with Crippen LogP contribution in [0.15, 0.2) is 41.5 Å². The van der Waals surface area contributed by atoms with Gasteiger partial charge in [-0.15, -0.1) is 0 Å². The van der Waals surface area contributed by atoms with Gasteiger partial charge in [-0.05, 0) is 37.6 Å². The summed E-state index contributed by atoms with van der Waals surface area (Å²) in [4.78, 5) is 31.1. The molecule has 0 radical (unpaired) electrons. The lowest BCUT2D eigenvalue weighted by molar-refractivity contribution is 0.0936. The van der Waals surface area contributed by atoms with Crippen LogP contribution in [0, 0.1) is 0 Å². The predicted molar refractivity (Wildman–Crippen MR) is 91.4 cm³/mol. The van der Waals surface area contributed by atoms with Gasteiger partial charge in [0.15, 0.2) is 0 Å². The highest BCUT2D eigenvalue weighted by atomic mass is 16.2. The van der Waals surface area contributed by atoms with Gasteiger partial charge in [0.25, 0.3) is 11.5 Å². The fraction of sp³-hybridized carbons (Fsp3) is 0.389. The molecule has 0 bridgehead atoms. The highest BCUT2D eigenvalue weighted by Gasteiger charge is 2.13. The van der Waals surface area contributed by atoms with E-state index >= 15 is 0 Å². The minimum absolute atomic E-state index is 0.0633. The third-order valence-electron chi connectivity index (χ3n) is 3.76. The molecule has 5 heteroatoms. The number of nitrogens with one attached hydrogen (secondary N) is 2. The van der Waals surface area contributed by atoms with Crippen LogP contribution in [0.25, 0.3) is 11.3 Å². The van der Waals surface area contributed by atoms with Crippen molar-refractivity contribution >= 4 is 5.91 Å². The van der Waals surface area contributed by atoms with Gasteiger partial charge in [-0.3, -0.25) is 14.6 Å². The van der Waals surface area contributed by atoms with Crippen molar-refractivity contribution in [3.8, 4) is 11.3 Å². The van der Waals surface area contributed by atoms with Crippen molar-refractivity contribution in [3.63, 3.8) is 0 Å². The van der Waals surface area contributed by atoms with E-state index in [0.717, 1.165) is 31.2 Å². The van der Waals surface area contributed by atoms with Gasteiger partial charge in [0.05, 0.1) is 0 Å². The lowest BCUT2D eigenvalue weighted by Crippen LogP contribution is -2.35. The van der Waals surface area contributed by atoms with Gasteiger partial charge in [-0.25, -0.2) is 0 Å². The van der Waals surface area contributed by atoms with E-state index in [1.54, 1.807) is 36.7 Å². The third kappa shape index (κ3) is 4.77. The Bertz CT molecular complexity index is 695. The largest absolute Gasteiger partial charge is 0.349 e. The van der Waals surface area contributed by atoms with Gasteiger partial charge in [0.2, 0.25) is 0 Å². The van der Waals surface area contributed by atoms with Crippen molar-refractivity contribution in [3.05, 3.63) is 52.6 Å². The van der Waals surface area contributed by atoms with Crippen LogP contribution in [-0.2, 0) is 0 Å². The fourth-order valence-electron chi connectivity index (χ4n) is 2.43. The second-order valence-corrected chi connectivity index (χ2v) is 5.72. The molecular weight excluding hydrogens is 290 g/mol. The molecule has 2 heterocycles. The zero-order chi connectivity index (χ0) is 16.7. The summed E-state index contributed by atoms with van der Waals surface area (Å²) in [6, 6.07) is 6.99. The molecule has 122 valence electrons. The zero-order valence-electron chi connectivity index (χ0n) is 13.6. The first-order valence-electron chi connectivity index (χ1n) is 8.06. The average Bonchev–Trinajstić information content (AvgIpc) is 2.55. The molecule has 0 saturated carbocycles. The summed E-state index contributed by atoms with van der Waals surface area (Å²) in [5, 5.41) is 2.89. The maximum Gasteiger partial charge on any atom is 0.261 e. The van der Waals surface area contributed by atoms with Crippen molar-refractivity contribution in [1.82, 2.24) is 15.3 Å². The number of aromatic nitrogens is 2. The van der Waals surface area contributed by atoms with Crippen LogP contribution in [0.2, 0.25) is 0 Å². The molecule has 1 amide bonds. The lowest BCUT2D eigenvalue weighted by Gasteiger charge is -2.13. The Kier molecular flexibility index (Phi) is 6.09. The maximum absolute atomic E-state index is 12.2. The lowest BCUT2D eigenvalue weighted by atomic mass is 10.1. The molecule has 5 nitrogen and oxygen atoms in total. The van der Waals surface area contributed by atoms with Crippen molar-refractivity contribution in [2.75, 3.05) is 0 Å². The molecule has 0 spiro atoms. The first-order valence-corrected chi connectivity index (χ1v) is 8.06. The number of rotatable bonds is 7. The molecule has 2 aromatic heterocycles. The van der Waals surface area contributed by atoms with Gasteiger partial charge < -0.3 is 10.3 Å². The molecule has 0 aliphatic heterocycles. The molecule has 2 N–H and O–H groups in total. The molecular formula is C18H23N3O2. The number of pyridine rings is 2. The Balaban J connectivity index is 2.06. The van der Waals surface area contributed by atoms with E-state index in [0.29, 0.717) is 5.69 Å². The van der Waals surface area contributed by atoms with Crippen molar-refractivity contribution in [1.29, 1.82) is 0 Å². The topological polar surface area (TPSA) is 74.8 Å². The molecule has 0 fully saturated rings. The fourth-order valence-corrected chi connectivity index (χ4v) is 2.43. The summed E-state index contributed by atoms with van der Waals surface area (Å²) in [6.45, 7) is 4.11. The number of unbranched alkanes of at least 4 members (excludes halogenated alkanes) is 2. The van der Waals surface area contributed by atoms with Crippen LogP contribution in [0.4, 0.5) is 0 Å². The number of carbonyl (C=O) groups excluding carboxylic acids is 1. The SMILES string of the molecule is CCCCC[C@@H](C)NC(=O)c1ccc(-c2ccncc2)[nH]c1=O. The molecule has 2 aromatic rings. The number of H-pyrrole nitrogens is 1. The van der Waals surface area contributed by atoms with Crippen LogP contribution in [0.3, 0.4) is 0 Å². The summed E-state index contributed by atoms with van der Waals surface area (Å²) in [7, 11) is 0. The van der Waals surface area contributed by atoms with E-state index in [-0.39, 0.29) is 23.1 Å². The Labute approximate surface area is 136 Å². The zero-order valence-corrected chi connectivity index (χ0v) is 13.6. The number of aromatic amines is 1. The van der Waals surface area contributed by atoms with Gasteiger partial charge in [-0.2, -0.15) is 0 Å². The van der Waals surface area contributed by atoms with Crippen LogP contribution in [-0.4, -0.2) is 21.9 Å². The molecule has 0 aromatic carbocycles. The summed E-state index contributed by atoms with van der Waals surface area (Å²) in [6.07, 6.45) is 7.62. The van der Waals surface area contributed by atoms with E-state index in [9.17, 15) is 9.59 Å². The van der Waals surface area contributed by atoms with Gasteiger partial charge >= 0.3 is 0 Å².